The van der Waals surface area contributed by atoms with E-state index in [1.807, 2.05) is 28.9 Å². The number of aryl methyl sites for hydroxylation is 1. The Kier molecular flexibility index (Phi) is 5.99. The third kappa shape index (κ3) is 4.63. The molecule has 1 aliphatic carbocycles. The number of carbonyl (C=O) groups is 2. The van der Waals surface area contributed by atoms with Crippen molar-refractivity contribution in [3.63, 3.8) is 0 Å². The van der Waals surface area contributed by atoms with E-state index in [9.17, 15) is 9.59 Å². The molecule has 5 rings (SSSR count). The average molecular weight is 432 g/mol. The van der Waals surface area contributed by atoms with Crippen LogP contribution in [0.25, 0.3) is 0 Å². The van der Waals surface area contributed by atoms with Gasteiger partial charge in [0.2, 0.25) is 11.8 Å². The summed E-state index contributed by atoms with van der Waals surface area (Å²) in [4.78, 5) is 29.8. The molecule has 0 radical (unpaired) electrons. The Morgan fingerprint density at radius 1 is 1.23 bits per heavy atom. The zero-order chi connectivity index (χ0) is 21.4. The summed E-state index contributed by atoms with van der Waals surface area (Å²) >= 11 is 0. The number of fused-ring (bicyclic) bond motifs is 1. The molecular formula is C22H33N5O4. The van der Waals surface area contributed by atoms with Gasteiger partial charge in [0.1, 0.15) is 0 Å². The fourth-order valence-electron chi connectivity index (χ4n) is 5.43. The maximum atomic E-state index is 12.9. The molecule has 4 fully saturated rings. The average Bonchev–Trinajstić information content (AvgIpc) is 3.18. The second-order valence-electron chi connectivity index (χ2n) is 9.40. The maximum Gasteiger partial charge on any atom is 0.225 e. The van der Waals surface area contributed by atoms with Crippen molar-refractivity contribution in [2.75, 3.05) is 39.5 Å². The first-order chi connectivity index (χ1) is 15.1. The fraction of sp³-hybridized carbons (Fsp3) is 0.773. The number of hydrogen-bond acceptors (Lipinski definition) is 6. The standard InChI is InChI=1S/C22H33N5O4/c1-25-17(4-5-23-25)13-27-12-15(10-20(28)24-16-2-3-16)22-18(27)14-31-19(22)11-21(29)26-6-8-30-9-7-26/h4-5,15-16,18-19,22H,2-3,6-14H2,1H3,(H,24,28)/t15-,18-,19+,22-/m1/s1. The molecule has 1 saturated carbocycles. The predicted octanol–water partition coefficient (Wildman–Crippen LogP) is 0.153. The predicted molar refractivity (Wildman–Crippen MR) is 112 cm³/mol. The molecule has 0 unspecified atom stereocenters. The summed E-state index contributed by atoms with van der Waals surface area (Å²) < 4.78 is 13.5. The Balaban J connectivity index is 1.28. The molecule has 0 bridgehead atoms. The number of carbonyl (C=O) groups excluding carboxylic acids is 2. The molecule has 4 heterocycles. The molecule has 1 N–H and O–H groups in total. The molecule has 1 aromatic rings. The van der Waals surface area contributed by atoms with Gasteiger partial charge in [-0.3, -0.25) is 19.2 Å². The van der Waals surface area contributed by atoms with E-state index in [0.717, 1.165) is 31.6 Å². The van der Waals surface area contributed by atoms with E-state index in [1.165, 1.54) is 0 Å². The lowest BCUT2D eigenvalue weighted by molar-refractivity contribution is -0.138. The van der Waals surface area contributed by atoms with Gasteiger partial charge in [0.05, 0.1) is 38.0 Å². The lowest BCUT2D eigenvalue weighted by Crippen LogP contribution is -2.43. The number of likely N-dealkylation sites (tertiary alicyclic amines) is 1. The Morgan fingerprint density at radius 2 is 2.03 bits per heavy atom. The van der Waals surface area contributed by atoms with Gasteiger partial charge in [0.15, 0.2) is 0 Å². The molecule has 3 saturated heterocycles. The summed E-state index contributed by atoms with van der Waals surface area (Å²) in [5, 5.41) is 7.43. The Morgan fingerprint density at radius 3 is 2.74 bits per heavy atom. The van der Waals surface area contributed by atoms with Gasteiger partial charge in [-0.25, -0.2) is 0 Å². The molecule has 4 aliphatic rings. The van der Waals surface area contributed by atoms with Crippen molar-refractivity contribution in [3.8, 4) is 0 Å². The van der Waals surface area contributed by atoms with Crippen molar-refractivity contribution in [1.82, 2.24) is 24.9 Å². The smallest absolute Gasteiger partial charge is 0.225 e. The number of nitrogens with zero attached hydrogens (tertiary/aromatic N) is 4. The number of morpholine rings is 1. The maximum absolute atomic E-state index is 12.9. The van der Waals surface area contributed by atoms with Gasteiger partial charge in [-0.1, -0.05) is 0 Å². The number of amides is 2. The zero-order valence-electron chi connectivity index (χ0n) is 18.2. The van der Waals surface area contributed by atoms with Crippen LogP contribution in [0.3, 0.4) is 0 Å². The molecular weight excluding hydrogens is 398 g/mol. The first kappa shape index (κ1) is 20.9. The summed E-state index contributed by atoms with van der Waals surface area (Å²) in [5.74, 6) is 0.671. The topological polar surface area (TPSA) is 88.9 Å². The number of nitrogens with one attached hydrogen (secondary N) is 1. The summed E-state index contributed by atoms with van der Waals surface area (Å²) in [7, 11) is 1.96. The number of rotatable bonds is 7. The van der Waals surface area contributed by atoms with Crippen LogP contribution in [0.2, 0.25) is 0 Å². The minimum absolute atomic E-state index is 0.129. The van der Waals surface area contributed by atoms with E-state index in [4.69, 9.17) is 9.47 Å². The molecule has 0 spiro atoms. The highest BCUT2D eigenvalue weighted by Gasteiger charge is 2.51. The zero-order valence-corrected chi connectivity index (χ0v) is 18.2. The first-order valence-electron chi connectivity index (χ1n) is 11.6. The van der Waals surface area contributed by atoms with Gasteiger partial charge in [-0.05, 0) is 24.8 Å². The largest absolute Gasteiger partial charge is 0.378 e. The molecule has 170 valence electrons. The van der Waals surface area contributed by atoms with Crippen molar-refractivity contribution in [2.24, 2.45) is 18.9 Å². The van der Waals surface area contributed by atoms with Crippen LogP contribution in [0.15, 0.2) is 12.3 Å². The van der Waals surface area contributed by atoms with E-state index in [2.05, 4.69) is 15.3 Å². The number of hydrogen-bond donors (Lipinski definition) is 1. The fourth-order valence-corrected chi connectivity index (χ4v) is 5.43. The summed E-state index contributed by atoms with van der Waals surface area (Å²) in [6.45, 7) is 4.76. The van der Waals surface area contributed by atoms with Gasteiger partial charge >= 0.3 is 0 Å². The molecule has 3 aliphatic heterocycles. The van der Waals surface area contributed by atoms with Crippen LogP contribution < -0.4 is 5.32 Å². The molecule has 0 aromatic carbocycles. The number of aromatic nitrogens is 2. The van der Waals surface area contributed by atoms with Crippen molar-refractivity contribution in [3.05, 3.63) is 18.0 Å². The van der Waals surface area contributed by atoms with Gasteiger partial charge in [-0.2, -0.15) is 5.10 Å². The van der Waals surface area contributed by atoms with Gasteiger partial charge in [0.25, 0.3) is 0 Å². The Labute approximate surface area is 183 Å². The van der Waals surface area contributed by atoms with Crippen molar-refractivity contribution in [1.29, 1.82) is 0 Å². The van der Waals surface area contributed by atoms with Crippen LogP contribution in [0, 0.1) is 11.8 Å². The first-order valence-corrected chi connectivity index (χ1v) is 11.6. The second-order valence-corrected chi connectivity index (χ2v) is 9.40. The Hall–Kier alpha value is -1.97. The van der Waals surface area contributed by atoms with Gasteiger partial charge in [0, 0.05) is 63.8 Å². The normalized spacial score (nSPS) is 31.1. The summed E-state index contributed by atoms with van der Waals surface area (Å²) in [6.07, 6.45) is 4.77. The third-order valence-electron chi connectivity index (χ3n) is 7.25. The van der Waals surface area contributed by atoms with Crippen LogP contribution in [-0.4, -0.2) is 89.0 Å². The summed E-state index contributed by atoms with van der Waals surface area (Å²) in [6, 6.07) is 2.64. The SMILES string of the molecule is Cn1nccc1CN1C[C@@H](CC(=O)NC2CC2)[C@H]2[C@H](CC(=O)N3CCOCC3)OC[C@H]21. The minimum atomic E-state index is -0.129. The monoisotopic (exact) mass is 431 g/mol. The van der Waals surface area contributed by atoms with Crippen molar-refractivity contribution >= 4 is 11.8 Å². The van der Waals surface area contributed by atoms with Crippen LogP contribution in [-0.2, 0) is 32.7 Å². The highest BCUT2D eigenvalue weighted by molar-refractivity contribution is 5.78. The Bertz CT molecular complexity index is 804. The number of ether oxygens (including phenoxy) is 2. The highest BCUT2D eigenvalue weighted by atomic mass is 16.5. The van der Waals surface area contributed by atoms with E-state index in [1.54, 1.807) is 0 Å². The van der Waals surface area contributed by atoms with E-state index in [0.29, 0.717) is 51.8 Å². The van der Waals surface area contributed by atoms with E-state index >= 15 is 0 Å². The van der Waals surface area contributed by atoms with Crippen molar-refractivity contribution < 1.29 is 19.1 Å². The van der Waals surface area contributed by atoms with Crippen LogP contribution in [0.1, 0.15) is 31.4 Å². The minimum Gasteiger partial charge on any atom is -0.378 e. The molecule has 9 nitrogen and oxygen atoms in total. The van der Waals surface area contributed by atoms with Gasteiger partial charge < -0.3 is 19.7 Å². The molecule has 31 heavy (non-hydrogen) atoms. The molecule has 9 heteroatoms. The third-order valence-corrected chi connectivity index (χ3v) is 7.25. The molecule has 2 amide bonds. The van der Waals surface area contributed by atoms with Crippen LogP contribution in [0.5, 0.6) is 0 Å². The summed E-state index contributed by atoms with van der Waals surface area (Å²) in [5.41, 5.74) is 1.15. The molecule has 1 aromatic heterocycles. The van der Waals surface area contributed by atoms with Crippen LogP contribution in [0.4, 0.5) is 0 Å². The lowest BCUT2D eigenvalue weighted by Gasteiger charge is -2.29. The van der Waals surface area contributed by atoms with E-state index < -0.39 is 0 Å². The van der Waals surface area contributed by atoms with Gasteiger partial charge in [-0.15, -0.1) is 0 Å². The lowest BCUT2D eigenvalue weighted by atomic mass is 9.84. The molecule has 4 atom stereocenters. The quantitative estimate of drug-likeness (QED) is 0.661. The van der Waals surface area contributed by atoms with Crippen molar-refractivity contribution in [2.45, 2.75) is 50.4 Å². The van der Waals surface area contributed by atoms with Crippen LogP contribution >= 0.6 is 0 Å². The van der Waals surface area contributed by atoms with E-state index in [-0.39, 0.29) is 35.8 Å². The second kappa shape index (κ2) is 8.88. The highest BCUT2D eigenvalue weighted by Crippen LogP contribution is 2.42.